The number of aliphatic hydroxyl groups is 3. The van der Waals surface area contributed by atoms with Gasteiger partial charge >= 0.3 is 23.9 Å². The summed E-state index contributed by atoms with van der Waals surface area (Å²) in [6.07, 6.45) is -3.88. The van der Waals surface area contributed by atoms with Crippen molar-refractivity contribution in [2.24, 2.45) is 22.2 Å². The van der Waals surface area contributed by atoms with Gasteiger partial charge < -0.3 is 52.9 Å². The van der Waals surface area contributed by atoms with E-state index in [1.165, 1.54) is 32.4 Å². The number of ether oxygens (including phenoxy) is 7. The number of hydrogen-bond acceptors (Lipinski definition) is 15. The van der Waals surface area contributed by atoms with E-state index < -0.39 is 105 Å². The summed E-state index contributed by atoms with van der Waals surface area (Å²) >= 11 is 0. The van der Waals surface area contributed by atoms with Crippen molar-refractivity contribution in [2.75, 3.05) is 7.11 Å². The van der Waals surface area contributed by atoms with Gasteiger partial charge in [0.15, 0.2) is 17.3 Å². The minimum absolute atomic E-state index is 0.159. The van der Waals surface area contributed by atoms with Crippen molar-refractivity contribution in [1.29, 1.82) is 0 Å². The summed E-state index contributed by atoms with van der Waals surface area (Å²) in [6, 6.07) is 1.60. The number of carbonyl (C=O) groups is 4. The van der Waals surface area contributed by atoms with Crippen molar-refractivity contribution in [2.45, 2.75) is 113 Å². The van der Waals surface area contributed by atoms with E-state index in [-0.39, 0.29) is 18.4 Å². The van der Waals surface area contributed by atoms with Crippen LogP contribution in [-0.4, -0.2) is 99.1 Å². The minimum atomic E-state index is -2.47. The lowest BCUT2D eigenvalue weighted by atomic mass is 9.34. The second-order valence-electron chi connectivity index (χ2n) is 15.1. The summed E-state index contributed by atoms with van der Waals surface area (Å²) in [5.41, 5.74) is -12.8. The largest absolute Gasteiger partial charge is 0.472 e. The van der Waals surface area contributed by atoms with Gasteiger partial charge in [-0.25, -0.2) is 9.59 Å². The fraction of sp³-hybridized carbons (Fsp3) is 0.697. The van der Waals surface area contributed by atoms with E-state index in [1.807, 2.05) is 0 Å². The van der Waals surface area contributed by atoms with E-state index >= 15 is 0 Å². The predicted molar refractivity (Wildman–Crippen MR) is 153 cm³/mol. The van der Waals surface area contributed by atoms with Gasteiger partial charge in [-0.1, -0.05) is 13.8 Å². The van der Waals surface area contributed by atoms with Crippen LogP contribution in [0.25, 0.3) is 0 Å². The smallest absolute Gasteiger partial charge is 0.335 e. The summed E-state index contributed by atoms with van der Waals surface area (Å²) in [7, 11) is 1.10. The molecule has 1 unspecified atom stereocenters. The van der Waals surface area contributed by atoms with Gasteiger partial charge in [0.25, 0.3) is 5.97 Å². The van der Waals surface area contributed by atoms with Gasteiger partial charge in [-0.2, -0.15) is 0 Å². The second-order valence-corrected chi connectivity index (χ2v) is 15.1. The maximum Gasteiger partial charge on any atom is 0.335 e. The molecule has 8 rings (SSSR count). The highest BCUT2D eigenvalue weighted by atomic mass is 16.9. The van der Waals surface area contributed by atoms with Crippen LogP contribution in [0.5, 0.6) is 0 Å². The molecule has 3 N–H and O–H groups in total. The van der Waals surface area contributed by atoms with Crippen molar-refractivity contribution in [3.8, 4) is 0 Å². The highest BCUT2D eigenvalue weighted by molar-refractivity contribution is 5.86. The average Bonchev–Trinajstić information content (AvgIpc) is 3.76. The Balaban J connectivity index is 1.49. The third-order valence-electron chi connectivity index (χ3n) is 13.1. The van der Waals surface area contributed by atoms with Crippen molar-refractivity contribution < 1.29 is 72.1 Å². The molecular weight excluding hydrogens is 636 g/mol. The molecule has 4 bridgehead atoms. The van der Waals surface area contributed by atoms with Gasteiger partial charge in [0.1, 0.15) is 35.6 Å². The number of carbonyl (C=O) groups excluding carboxylic acids is 4. The van der Waals surface area contributed by atoms with Crippen LogP contribution in [0.3, 0.4) is 0 Å². The van der Waals surface area contributed by atoms with E-state index in [0.717, 1.165) is 14.0 Å². The van der Waals surface area contributed by atoms with E-state index in [0.29, 0.717) is 5.56 Å². The highest BCUT2D eigenvalue weighted by Crippen LogP contribution is 2.88. The van der Waals surface area contributed by atoms with Gasteiger partial charge in [0.2, 0.25) is 0 Å². The summed E-state index contributed by atoms with van der Waals surface area (Å²) < 4.78 is 48.2. The van der Waals surface area contributed by atoms with Crippen LogP contribution in [0.1, 0.15) is 66.1 Å². The molecule has 260 valence electrons. The van der Waals surface area contributed by atoms with Crippen LogP contribution in [0.15, 0.2) is 34.7 Å². The Morgan fingerprint density at radius 1 is 1.04 bits per heavy atom. The summed E-state index contributed by atoms with van der Waals surface area (Å²) in [5, 5.41) is 38.2. The number of cyclic esters (lactones) is 1. The number of methoxy groups -OCH3 is 1. The van der Waals surface area contributed by atoms with E-state index in [1.54, 1.807) is 26.8 Å². The number of furan rings is 1. The molecule has 4 saturated carbocycles. The molecule has 14 atom stereocenters. The van der Waals surface area contributed by atoms with E-state index in [9.17, 15) is 34.5 Å². The molecule has 15 heteroatoms. The molecule has 4 heterocycles. The lowest BCUT2D eigenvalue weighted by Gasteiger charge is -2.76. The number of hydrogen-bond donors (Lipinski definition) is 3. The molecule has 2 saturated heterocycles. The lowest BCUT2D eigenvalue weighted by Crippen LogP contribution is -2.93. The first kappa shape index (κ1) is 31.9. The zero-order valence-electron chi connectivity index (χ0n) is 27.4. The molecule has 0 amide bonds. The zero-order chi connectivity index (χ0) is 34.8. The Labute approximate surface area is 274 Å². The predicted octanol–water partition coefficient (Wildman–Crippen LogP) is 0.730. The number of aliphatic hydroxyl groups excluding tert-OH is 1. The standard InChI is InChI=1S/C33H38O15/c1-14(34)43-18-11-31-28(5)21(20(37)23(38)41-7)26(3)13-30(28,39)32(40,24(26)44-15(2)35)25-33(31,48-29(6,46-25)47-31)17-10-19(36)45-22(27(17,18)4)16-8-9-42-12-16/h8-10,12,18,20-22,24-25,37,39-40H,11,13H2,1-7H3/t18-,20+,21-,22-,24-,25+,26?,27-,28+,29-,30+,31-,32-,33+/m1/s1. The number of fused-ring (bicyclic) bond motifs is 4. The van der Waals surface area contributed by atoms with Gasteiger partial charge in [-0.05, 0) is 25.0 Å². The minimum Gasteiger partial charge on any atom is -0.472 e. The Hall–Kier alpha value is -3.34. The first-order chi connectivity index (χ1) is 22.3. The second kappa shape index (κ2) is 8.87. The van der Waals surface area contributed by atoms with Crippen LogP contribution in [-0.2, 0) is 52.3 Å². The van der Waals surface area contributed by atoms with Gasteiger partial charge in [0, 0.05) is 55.6 Å². The summed E-state index contributed by atoms with van der Waals surface area (Å²) in [5.74, 6) is -6.59. The van der Waals surface area contributed by atoms with Crippen LogP contribution in [0.2, 0.25) is 0 Å². The third-order valence-corrected chi connectivity index (χ3v) is 13.1. The Bertz CT molecular complexity index is 1710. The summed E-state index contributed by atoms with van der Waals surface area (Å²) in [4.78, 5) is 52.4. The maximum absolute atomic E-state index is 13.6. The normalized spacial score (nSPS) is 52.5. The first-order valence-corrected chi connectivity index (χ1v) is 15.9. The van der Waals surface area contributed by atoms with Crippen LogP contribution in [0, 0.1) is 22.2 Å². The number of rotatable bonds is 5. The first-order valence-electron chi connectivity index (χ1n) is 15.9. The molecule has 0 aromatic carbocycles. The Kier molecular flexibility index (Phi) is 5.89. The van der Waals surface area contributed by atoms with Crippen molar-refractivity contribution in [3.05, 3.63) is 35.8 Å². The van der Waals surface area contributed by atoms with E-state index in [2.05, 4.69) is 0 Å². The average molecular weight is 675 g/mol. The third kappa shape index (κ3) is 2.98. The molecule has 15 nitrogen and oxygen atoms in total. The highest BCUT2D eigenvalue weighted by Gasteiger charge is 3.03. The van der Waals surface area contributed by atoms with Crippen LogP contribution >= 0.6 is 0 Å². The van der Waals surface area contributed by atoms with Crippen LogP contribution in [0.4, 0.5) is 0 Å². The van der Waals surface area contributed by atoms with Crippen molar-refractivity contribution >= 4 is 23.9 Å². The fourth-order valence-electron chi connectivity index (χ4n) is 11.9. The lowest BCUT2D eigenvalue weighted by molar-refractivity contribution is -0.449. The van der Waals surface area contributed by atoms with Gasteiger partial charge in [-0.15, -0.1) is 0 Å². The molecule has 4 aliphatic carbocycles. The SMILES string of the molecule is COC(=O)[C@@H](O)[C@@H]1C2(C)C[C@@]3(O)[C@@](O)([C@@H]2OC(C)=O)[C@@H]2O[C@]4(C)O[C@]5(C[C@@H](OC(C)=O)[C@@]6(C)C(=CC(=O)O[C@@H]6c6ccoc6)[C@]25O4)[C@@]13C. The monoisotopic (exact) mass is 674 g/mol. The van der Waals surface area contributed by atoms with Gasteiger partial charge in [-0.3, -0.25) is 9.59 Å². The topological polar surface area (TPSA) is 207 Å². The molecule has 0 radical (unpaired) electrons. The Morgan fingerprint density at radius 2 is 1.73 bits per heavy atom. The van der Waals surface area contributed by atoms with Crippen LogP contribution < -0.4 is 0 Å². The molecule has 3 aliphatic heterocycles. The maximum atomic E-state index is 13.6. The van der Waals surface area contributed by atoms with E-state index in [4.69, 9.17) is 37.6 Å². The van der Waals surface area contributed by atoms with Crippen molar-refractivity contribution in [1.82, 2.24) is 0 Å². The molecule has 1 aromatic rings. The molecule has 1 spiro atoms. The zero-order valence-corrected chi connectivity index (χ0v) is 27.4. The quantitative estimate of drug-likeness (QED) is 0.291. The molecule has 7 aliphatic rings. The molecule has 1 aromatic heterocycles. The molecule has 6 fully saturated rings. The van der Waals surface area contributed by atoms with Crippen molar-refractivity contribution in [3.63, 3.8) is 0 Å². The Morgan fingerprint density at radius 3 is 2.33 bits per heavy atom. The molecular formula is C33H38O15. The summed E-state index contributed by atoms with van der Waals surface area (Å²) in [6.45, 7) is 8.71. The molecule has 48 heavy (non-hydrogen) atoms. The van der Waals surface area contributed by atoms with Gasteiger partial charge in [0.05, 0.1) is 25.1 Å². The fourth-order valence-corrected chi connectivity index (χ4v) is 11.9. The number of esters is 4.